The van der Waals surface area contributed by atoms with Gasteiger partial charge in [-0.15, -0.1) is 0 Å². The zero-order chi connectivity index (χ0) is 22.3. The van der Waals surface area contributed by atoms with Gasteiger partial charge in [-0.05, 0) is 80.3 Å². The van der Waals surface area contributed by atoms with Crippen molar-refractivity contribution in [1.82, 2.24) is 4.98 Å². The molecule has 0 saturated carbocycles. The van der Waals surface area contributed by atoms with Gasteiger partial charge in [0.15, 0.2) is 0 Å². The highest BCUT2D eigenvalue weighted by Gasteiger charge is 2.47. The van der Waals surface area contributed by atoms with E-state index in [2.05, 4.69) is 4.98 Å². The van der Waals surface area contributed by atoms with Crippen LogP contribution < -0.4 is 4.90 Å². The smallest absolute Gasteiger partial charge is 0.300 e. The van der Waals surface area contributed by atoms with Gasteiger partial charge in [0.25, 0.3) is 11.7 Å². The summed E-state index contributed by atoms with van der Waals surface area (Å²) in [7, 11) is 0. The molecule has 2 aromatic carbocycles. The predicted molar refractivity (Wildman–Crippen MR) is 121 cm³/mol. The molecule has 0 bridgehead atoms. The van der Waals surface area contributed by atoms with Gasteiger partial charge in [0.1, 0.15) is 11.8 Å². The molecular weight excluding hydrogens is 388 g/mol. The quantitative estimate of drug-likeness (QED) is 0.376. The van der Waals surface area contributed by atoms with Crippen LogP contribution in [0.15, 0.2) is 66.4 Å². The van der Waals surface area contributed by atoms with Crippen LogP contribution in [0.3, 0.4) is 0 Å². The minimum Gasteiger partial charge on any atom is -0.507 e. The molecule has 1 saturated heterocycles. The highest BCUT2D eigenvalue weighted by molar-refractivity contribution is 6.51. The lowest BCUT2D eigenvalue weighted by Gasteiger charge is -2.25. The summed E-state index contributed by atoms with van der Waals surface area (Å²) in [6, 6.07) is 15.7. The van der Waals surface area contributed by atoms with Gasteiger partial charge in [0, 0.05) is 17.4 Å². The Hall–Kier alpha value is -3.73. The largest absolute Gasteiger partial charge is 0.507 e. The van der Waals surface area contributed by atoms with Gasteiger partial charge in [0.2, 0.25) is 0 Å². The highest BCUT2D eigenvalue weighted by Crippen LogP contribution is 2.42. The van der Waals surface area contributed by atoms with Crippen molar-refractivity contribution in [2.75, 3.05) is 4.90 Å². The van der Waals surface area contributed by atoms with Gasteiger partial charge in [0.05, 0.1) is 11.3 Å². The molecule has 2 heterocycles. The molecular formula is C26H24N2O3. The van der Waals surface area contributed by atoms with Crippen molar-refractivity contribution in [2.24, 2.45) is 0 Å². The summed E-state index contributed by atoms with van der Waals surface area (Å²) < 4.78 is 0. The maximum absolute atomic E-state index is 13.2. The van der Waals surface area contributed by atoms with E-state index in [1.54, 1.807) is 30.5 Å². The predicted octanol–water partition coefficient (Wildman–Crippen LogP) is 4.94. The van der Waals surface area contributed by atoms with Crippen LogP contribution in [0.5, 0.6) is 0 Å². The average molecular weight is 412 g/mol. The van der Waals surface area contributed by atoms with Crippen LogP contribution in [0.25, 0.3) is 5.76 Å². The van der Waals surface area contributed by atoms with Gasteiger partial charge >= 0.3 is 0 Å². The number of aromatic nitrogens is 1. The van der Waals surface area contributed by atoms with Crippen molar-refractivity contribution in [3.8, 4) is 0 Å². The first-order valence-electron chi connectivity index (χ1n) is 10.2. The van der Waals surface area contributed by atoms with Gasteiger partial charge in [-0.25, -0.2) is 0 Å². The second-order valence-corrected chi connectivity index (χ2v) is 8.07. The normalized spacial score (nSPS) is 17.9. The fourth-order valence-electron chi connectivity index (χ4n) is 4.05. The molecule has 1 N–H and O–H groups in total. The third-order valence-electron chi connectivity index (χ3n) is 5.68. The van der Waals surface area contributed by atoms with E-state index < -0.39 is 17.7 Å². The molecule has 1 unspecified atom stereocenters. The van der Waals surface area contributed by atoms with Crippen LogP contribution in [0.2, 0.25) is 0 Å². The number of aryl methyl sites for hydroxylation is 4. The third-order valence-corrected chi connectivity index (χ3v) is 5.68. The molecule has 1 aromatic heterocycles. The van der Waals surface area contributed by atoms with E-state index in [0.717, 1.165) is 22.3 Å². The Kier molecular flexibility index (Phi) is 5.19. The number of ketones is 1. The summed E-state index contributed by atoms with van der Waals surface area (Å²) in [6.45, 7) is 7.80. The Morgan fingerprint density at radius 2 is 1.61 bits per heavy atom. The Morgan fingerprint density at radius 3 is 2.23 bits per heavy atom. The topological polar surface area (TPSA) is 70.5 Å². The van der Waals surface area contributed by atoms with E-state index in [1.165, 1.54) is 4.90 Å². The number of benzene rings is 2. The van der Waals surface area contributed by atoms with E-state index in [-0.39, 0.29) is 11.3 Å². The highest BCUT2D eigenvalue weighted by atomic mass is 16.3. The first-order chi connectivity index (χ1) is 14.8. The second-order valence-electron chi connectivity index (χ2n) is 8.07. The number of nitrogens with zero attached hydrogens (tertiary/aromatic N) is 2. The number of pyridine rings is 1. The minimum absolute atomic E-state index is 0.0473. The molecule has 0 spiro atoms. The number of aliphatic hydroxyl groups is 1. The summed E-state index contributed by atoms with van der Waals surface area (Å²) in [5.74, 6) is -1.58. The number of aliphatic hydroxyl groups excluding tert-OH is 1. The fraction of sp³-hybridized carbons (Fsp3) is 0.192. The lowest BCUT2D eigenvalue weighted by Crippen LogP contribution is -2.30. The summed E-state index contributed by atoms with van der Waals surface area (Å²) >= 11 is 0. The molecule has 4 rings (SSSR count). The van der Waals surface area contributed by atoms with E-state index in [9.17, 15) is 14.7 Å². The molecule has 31 heavy (non-hydrogen) atoms. The summed E-state index contributed by atoms with van der Waals surface area (Å²) in [4.78, 5) is 32.2. The Labute approximate surface area is 181 Å². The number of hydrogen-bond donors (Lipinski definition) is 1. The molecule has 0 radical (unpaired) electrons. The van der Waals surface area contributed by atoms with Crippen LogP contribution in [0.1, 0.15) is 39.6 Å². The van der Waals surface area contributed by atoms with E-state index in [1.807, 2.05) is 58.0 Å². The minimum atomic E-state index is -0.816. The molecule has 1 aliphatic heterocycles. The Morgan fingerprint density at radius 1 is 0.903 bits per heavy atom. The fourth-order valence-corrected chi connectivity index (χ4v) is 4.05. The van der Waals surface area contributed by atoms with E-state index in [0.29, 0.717) is 16.9 Å². The number of rotatable bonds is 3. The Bertz CT molecular complexity index is 1210. The van der Waals surface area contributed by atoms with E-state index in [4.69, 9.17) is 0 Å². The lowest BCUT2D eigenvalue weighted by atomic mass is 9.96. The zero-order valence-corrected chi connectivity index (χ0v) is 18.0. The monoisotopic (exact) mass is 412 g/mol. The SMILES string of the molecule is Cc1cc(C)cc(N2C(=O)C(=O)/C(=C(\O)c3ccc(C)c(C)c3)C2c2ccccn2)c1. The van der Waals surface area contributed by atoms with Gasteiger partial charge < -0.3 is 5.11 Å². The number of amides is 1. The van der Waals surface area contributed by atoms with Crippen molar-refractivity contribution >= 4 is 23.1 Å². The van der Waals surface area contributed by atoms with Gasteiger partial charge in [-0.1, -0.05) is 24.3 Å². The molecule has 5 nitrogen and oxygen atoms in total. The number of carbonyl (C=O) groups is 2. The van der Waals surface area contributed by atoms with E-state index >= 15 is 0 Å². The molecule has 1 aliphatic rings. The maximum atomic E-state index is 13.2. The van der Waals surface area contributed by atoms with Crippen molar-refractivity contribution in [1.29, 1.82) is 0 Å². The standard InChI is InChI=1S/C26H24N2O3/c1-15-11-16(2)13-20(12-15)28-23(21-7-5-6-10-27-21)22(25(30)26(28)31)24(29)19-9-8-17(3)18(4)14-19/h5-14,23,29H,1-4H3/b24-22-. The molecule has 3 aromatic rings. The number of hydrogen-bond acceptors (Lipinski definition) is 4. The molecule has 0 aliphatic carbocycles. The average Bonchev–Trinajstić information content (AvgIpc) is 3.00. The van der Waals surface area contributed by atoms with Crippen LogP contribution in [0.4, 0.5) is 5.69 Å². The molecule has 1 atom stereocenters. The third kappa shape index (κ3) is 3.63. The van der Waals surface area contributed by atoms with Crippen molar-refractivity contribution < 1.29 is 14.7 Å². The van der Waals surface area contributed by atoms with Gasteiger partial charge in [-0.3, -0.25) is 19.5 Å². The molecule has 5 heteroatoms. The van der Waals surface area contributed by atoms with Crippen LogP contribution in [-0.2, 0) is 9.59 Å². The number of anilines is 1. The number of Topliss-reactive ketones (excluding diaryl/α,β-unsaturated/α-hetero) is 1. The van der Waals surface area contributed by atoms with Crippen molar-refractivity contribution in [2.45, 2.75) is 33.7 Å². The molecule has 1 fully saturated rings. The van der Waals surface area contributed by atoms with Crippen molar-refractivity contribution in [3.63, 3.8) is 0 Å². The maximum Gasteiger partial charge on any atom is 0.300 e. The number of carbonyl (C=O) groups excluding carboxylic acids is 2. The molecule has 156 valence electrons. The van der Waals surface area contributed by atoms with Crippen LogP contribution in [0, 0.1) is 27.7 Å². The second kappa shape index (κ2) is 7.84. The first kappa shape index (κ1) is 20.5. The van der Waals surface area contributed by atoms with Crippen LogP contribution >= 0.6 is 0 Å². The lowest BCUT2D eigenvalue weighted by molar-refractivity contribution is -0.132. The zero-order valence-electron chi connectivity index (χ0n) is 18.0. The summed E-state index contributed by atoms with van der Waals surface area (Å²) in [5.41, 5.74) is 5.70. The Balaban J connectivity index is 1.97. The van der Waals surface area contributed by atoms with Crippen LogP contribution in [-0.4, -0.2) is 21.8 Å². The van der Waals surface area contributed by atoms with Gasteiger partial charge in [-0.2, -0.15) is 0 Å². The van der Waals surface area contributed by atoms with Crippen molar-refractivity contribution in [3.05, 3.63) is 99.9 Å². The summed E-state index contributed by atoms with van der Waals surface area (Å²) in [6.07, 6.45) is 1.62. The summed E-state index contributed by atoms with van der Waals surface area (Å²) in [5, 5.41) is 11.2. The molecule has 1 amide bonds. The first-order valence-corrected chi connectivity index (χ1v) is 10.2.